The van der Waals surface area contributed by atoms with Gasteiger partial charge in [-0.15, -0.1) is 0 Å². The average molecular weight is 270 g/mol. The van der Waals surface area contributed by atoms with Gasteiger partial charge in [0.1, 0.15) is 0 Å². The summed E-state index contributed by atoms with van der Waals surface area (Å²) in [5, 5.41) is 6.92. The van der Waals surface area contributed by atoms with E-state index in [0.717, 1.165) is 22.7 Å². The van der Waals surface area contributed by atoms with E-state index in [4.69, 9.17) is 11.5 Å². The van der Waals surface area contributed by atoms with Crippen LogP contribution in [0.3, 0.4) is 0 Å². The Labute approximate surface area is 120 Å². The SMILES string of the molecule is CC(Nc1ccc(N)cc1)C(C)Nc1ccc(N)cc1. The minimum atomic E-state index is 0.274. The van der Waals surface area contributed by atoms with Gasteiger partial charge in [0.2, 0.25) is 0 Å². The average Bonchev–Trinajstić information content (AvgIpc) is 2.44. The fourth-order valence-electron chi connectivity index (χ4n) is 1.93. The van der Waals surface area contributed by atoms with Crippen LogP contribution >= 0.6 is 0 Å². The lowest BCUT2D eigenvalue weighted by atomic mass is 10.1. The highest BCUT2D eigenvalue weighted by molar-refractivity contribution is 5.54. The topological polar surface area (TPSA) is 76.1 Å². The van der Waals surface area contributed by atoms with Gasteiger partial charge in [-0.25, -0.2) is 0 Å². The van der Waals surface area contributed by atoms with E-state index in [1.165, 1.54) is 0 Å². The Morgan fingerprint density at radius 3 is 1.25 bits per heavy atom. The smallest absolute Gasteiger partial charge is 0.0431 e. The Morgan fingerprint density at radius 2 is 0.950 bits per heavy atom. The standard InChI is InChI=1S/C16H22N4/c1-11(19-15-7-3-13(17)4-8-15)12(2)20-16-9-5-14(18)6-10-16/h3-12,19-20H,17-18H2,1-2H3. The maximum absolute atomic E-state index is 5.68. The molecule has 6 N–H and O–H groups in total. The number of benzene rings is 2. The molecule has 0 aliphatic rings. The predicted octanol–water partition coefficient (Wildman–Crippen LogP) is 3.15. The summed E-state index contributed by atoms with van der Waals surface area (Å²) < 4.78 is 0. The van der Waals surface area contributed by atoms with Gasteiger partial charge < -0.3 is 22.1 Å². The third kappa shape index (κ3) is 3.82. The van der Waals surface area contributed by atoms with E-state index in [0.29, 0.717) is 0 Å². The number of nitrogen functional groups attached to an aromatic ring is 2. The molecule has 0 heterocycles. The molecule has 0 bridgehead atoms. The molecule has 2 rings (SSSR count). The van der Waals surface area contributed by atoms with Gasteiger partial charge in [-0.3, -0.25) is 0 Å². The summed E-state index contributed by atoms with van der Waals surface area (Å²) in [4.78, 5) is 0. The molecule has 2 unspecified atom stereocenters. The largest absolute Gasteiger partial charge is 0.399 e. The van der Waals surface area contributed by atoms with Crippen molar-refractivity contribution in [3.63, 3.8) is 0 Å². The van der Waals surface area contributed by atoms with Gasteiger partial charge in [0.05, 0.1) is 0 Å². The first kappa shape index (κ1) is 14.1. The van der Waals surface area contributed by atoms with Gasteiger partial charge in [0.25, 0.3) is 0 Å². The monoisotopic (exact) mass is 270 g/mol. The summed E-state index contributed by atoms with van der Waals surface area (Å²) in [6, 6.07) is 16.1. The van der Waals surface area contributed by atoms with Crippen LogP contribution in [0.2, 0.25) is 0 Å². The Morgan fingerprint density at radius 1 is 0.650 bits per heavy atom. The summed E-state index contributed by atoms with van der Waals surface area (Å²) in [5.41, 5.74) is 15.0. The molecule has 0 saturated heterocycles. The first-order chi connectivity index (χ1) is 9.54. The highest BCUT2D eigenvalue weighted by atomic mass is 15.0. The molecular formula is C16H22N4. The summed E-state index contributed by atoms with van der Waals surface area (Å²) >= 11 is 0. The molecule has 0 amide bonds. The number of nitrogens with one attached hydrogen (secondary N) is 2. The molecule has 4 nitrogen and oxygen atoms in total. The molecule has 2 atom stereocenters. The van der Waals surface area contributed by atoms with E-state index in [9.17, 15) is 0 Å². The van der Waals surface area contributed by atoms with Crippen molar-refractivity contribution in [3.8, 4) is 0 Å². The predicted molar refractivity (Wildman–Crippen MR) is 87.9 cm³/mol. The van der Waals surface area contributed by atoms with Crippen molar-refractivity contribution in [1.82, 2.24) is 0 Å². The Balaban J connectivity index is 1.93. The molecule has 0 fully saturated rings. The summed E-state index contributed by atoms with van der Waals surface area (Å²) in [7, 11) is 0. The van der Waals surface area contributed by atoms with Crippen LogP contribution in [0.5, 0.6) is 0 Å². The zero-order valence-electron chi connectivity index (χ0n) is 11.9. The summed E-state index contributed by atoms with van der Waals surface area (Å²) in [5.74, 6) is 0. The van der Waals surface area contributed by atoms with Gasteiger partial charge in [-0.2, -0.15) is 0 Å². The van der Waals surface area contributed by atoms with Crippen LogP contribution < -0.4 is 22.1 Å². The van der Waals surface area contributed by atoms with Gasteiger partial charge in [-0.1, -0.05) is 0 Å². The zero-order valence-corrected chi connectivity index (χ0v) is 11.9. The van der Waals surface area contributed by atoms with E-state index >= 15 is 0 Å². The minimum Gasteiger partial charge on any atom is -0.399 e. The van der Waals surface area contributed by atoms with E-state index in [2.05, 4.69) is 24.5 Å². The molecule has 0 radical (unpaired) electrons. The van der Waals surface area contributed by atoms with E-state index in [1.807, 2.05) is 48.5 Å². The van der Waals surface area contributed by atoms with Crippen LogP contribution in [0.4, 0.5) is 22.7 Å². The Kier molecular flexibility index (Phi) is 4.35. The first-order valence-corrected chi connectivity index (χ1v) is 6.79. The third-order valence-corrected chi connectivity index (χ3v) is 3.36. The van der Waals surface area contributed by atoms with E-state index in [1.54, 1.807) is 0 Å². The normalized spacial score (nSPS) is 13.5. The lowest BCUT2D eigenvalue weighted by Crippen LogP contribution is -2.34. The van der Waals surface area contributed by atoms with Gasteiger partial charge >= 0.3 is 0 Å². The highest BCUT2D eigenvalue weighted by Crippen LogP contribution is 2.16. The summed E-state index contributed by atoms with van der Waals surface area (Å²) in [6.07, 6.45) is 0. The molecule has 0 aromatic heterocycles. The third-order valence-electron chi connectivity index (χ3n) is 3.36. The van der Waals surface area contributed by atoms with Gasteiger partial charge in [-0.05, 0) is 62.4 Å². The van der Waals surface area contributed by atoms with Crippen molar-refractivity contribution < 1.29 is 0 Å². The summed E-state index contributed by atoms with van der Waals surface area (Å²) in [6.45, 7) is 4.29. The van der Waals surface area contributed by atoms with Gasteiger partial charge in [0.15, 0.2) is 0 Å². The molecular weight excluding hydrogens is 248 g/mol. The zero-order chi connectivity index (χ0) is 14.5. The number of hydrogen-bond acceptors (Lipinski definition) is 4. The maximum atomic E-state index is 5.68. The van der Waals surface area contributed by atoms with Crippen LogP contribution in [0.15, 0.2) is 48.5 Å². The van der Waals surface area contributed by atoms with Crippen molar-refractivity contribution in [2.45, 2.75) is 25.9 Å². The minimum absolute atomic E-state index is 0.274. The second-order valence-corrected chi connectivity index (χ2v) is 5.11. The molecule has 0 saturated carbocycles. The highest BCUT2D eigenvalue weighted by Gasteiger charge is 2.11. The lowest BCUT2D eigenvalue weighted by molar-refractivity contribution is 0.677. The molecule has 2 aromatic carbocycles. The fraction of sp³-hybridized carbons (Fsp3) is 0.250. The molecule has 4 heteroatoms. The number of nitrogens with two attached hydrogens (primary N) is 2. The molecule has 0 aliphatic heterocycles. The van der Waals surface area contributed by atoms with Crippen molar-refractivity contribution in [1.29, 1.82) is 0 Å². The van der Waals surface area contributed by atoms with Gasteiger partial charge in [0, 0.05) is 34.8 Å². The maximum Gasteiger partial charge on any atom is 0.0431 e. The van der Waals surface area contributed by atoms with E-state index < -0.39 is 0 Å². The van der Waals surface area contributed by atoms with Crippen LogP contribution in [0, 0.1) is 0 Å². The fourth-order valence-corrected chi connectivity index (χ4v) is 1.93. The van der Waals surface area contributed by atoms with Crippen molar-refractivity contribution >= 4 is 22.7 Å². The first-order valence-electron chi connectivity index (χ1n) is 6.79. The Bertz CT molecular complexity index is 482. The second-order valence-electron chi connectivity index (χ2n) is 5.11. The second kappa shape index (κ2) is 6.19. The number of anilines is 4. The van der Waals surface area contributed by atoms with Crippen LogP contribution in [-0.4, -0.2) is 12.1 Å². The van der Waals surface area contributed by atoms with E-state index in [-0.39, 0.29) is 12.1 Å². The van der Waals surface area contributed by atoms with Crippen LogP contribution in [0.25, 0.3) is 0 Å². The molecule has 2 aromatic rings. The number of hydrogen-bond donors (Lipinski definition) is 4. The molecule has 0 spiro atoms. The van der Waals surface area contributed by atoms with Crippen molar-refractivity contribution in [2.24, 2.45) is 0 Å². The van der Waals surface area contributed by atoms with Crippen molar-refractivity contribution in [3.05, 3.63) is 48.5 Å². The van der Waals surface area contributed by atoms with Crippen molar-refractivity contribution in [2.75, 3.05) is 22.1 Å². The van der Waals surface area contributed by atoms with Crippen LogP contribution in [-0.2, 0) is 0 Å². The number of rotatable bonds is 5. The van der Waals surface area contributed by atoms with Crippen LogP contribution in [0.1, 0.15) is 13.8 Å². The molecule has 0 aliphatic carbocycles. The Hall–Kier alpha value is -2.36. The quantitative estimate of drug-likeness (QED) is 0.630. The molecule has 106 valence electrons. The molecule has 20 heavy (non-hydrogen) atoms. The lowest BCUT2D eigenvalue weighted by Gasteiger charge is -2.24.